The van der Waals surface area contributed by atoms with Crippen LogP contribution in [-0.4, -0.2) is 28.3 Å². The van der Waals surface area contributed by atoms with Crippen molar-refractivity contribution < 1.29 is 4.39 Å². The lowest BCUT2D eigenvalue weighted by atomic mass is 10.1. The Hall–Kier alpha value is -1.20. The Bertz CT molecular complexity index is 601. The van der Waals surface area contributed by atoms with Gasteiger partial charge in [-0.25, -0.2) is 9.37 Å². The first-order chi connectivity index (χ1) is 8.27. The molecule has 0 radical (unpaired) electrons. The highest BCUT2D eigenvalue weighted by molar-refractivity contribution is 6.30. The van der Waals surface area contributed by atoms with Gasteiger partial charge in [-0.05, 0) is 24.9 Å². The van der Waals surface area contributed by atoms with Gasteiger partial charge in [-0.15, -0.1) is 0 Å². The van der Waals surface area contributed by atoms with Crippen LogP contribution < -0.4 is 5.32 Å². The summed E-state index contributed by atoms with van der Waals surface area (Å²) in [6.07, 6.45) is 1.61. The van der Waals surface area contributed by atoms with Gasteiger partial charge in [0, 0.05) is 23.2 Å². The van der Waals surface area contributed by atoms with Gasteiger partial charge >= 0.3 is 0 Å². The van der Waals surface area contributed by atoms with Crippen LogP contribution in [0.2, 0.25) is 5.15 Å². The Kier molecular flexibility index (Phi) is 1.83. The van der Waals surface area contributed by atoms with E-state index in [1.54, 1.807) is 6.20 Å². The molecule has 17 heavy (non-hydrogen) atoms. The van der Waals surface area contributed by atoms with Crippen LogP contribution in [0.1, 0.15) is 11.6 Å². The average Bonchev–Trinajstić information content (AvgIpc) is 2.74. The van der Waals surface area contributed by atoms with Gasteiger partial charge in [0.1, 0.15) is 5.52 Å². The number of fused-ring (bicyclic) bond motifs is 2. The Morgan fingerprint density at radius 1 is 1.35 bits per heavy atom. The van der Waals surface area contributed by atoms with E-state index in [4.69, 9.17) is 11.6 Å². The summed E-state index contributed by atoms with van der Waals surface area (Å²) < 4.78 is 13.7. The van der Waals surface area contributed by atoms with Crippen molar-refractivity contribution in [3.05, 3.63) is 22.9 Å². The molecule has 0 spiro atoms. The second-order valence-electron chi connectivity index (χ2n) is 4.77. The first-order valence-corrected chi connectivity index (χ1v) is 6.04. The number of H-pyrrole nitrogens is 1. The van der Waals surface area contributed by atoms with E-state index in [0.29, 0.717) is 23.3 Å². The fourth-order valence-corrected chi connectivity index (χ4v) is 3.18. The minimum Gasteiger partial charge on any atom is -0.316 e. The van der Waals surface area contributed by atoms with Gasteiger partial charge in [-0.1, -0.05) is 11.6 Å². The molecule has 0 aromatic carbocycles. The number of piperidine rings is 1. The van der Waals surface area contributed by atoms with Gasteiger partial charge in [0.2, 0.25) is 0 Å². The minimum absolute atomic E-state index is 0.117. The van der Waals surface area contributed by atoms with Crippen molar-refractivity contribution in [2.75, 3.05) is 13.1 Å². The highest BCUT2D eigenvalue weighted by Crippen LogP contribution is 2.56. The molecule has 0 amide bonds. The largest absolute Gasteiger partial charge is 0.316 e. The lowest BCUT2D eigenvalue weighted by Crippen LogP contribution is -2.14. The quantitative estimate of drug-likeness (QED) is 0.760. The van der Waals surface area contributed by atoms with Gasteiger partial charge in [0.15, 0.2) is 11.0 Å². The van der Waals surface area contributed by atoms with Crippen LogP contribution in [0.4, 0.5) is 4.39 Å². The van der Waals surface area contributed by atoms with Crippen molar-refractivity contribution in [3.63, 3.8) is 0 Å². The van der Waals surface area contributed by atoms with E-state index >= 15 is 0 Å². The molecule has 0 bridgehead atoms. The lowest BCUT2D eigenvalue weighted by Gasteiger charge is -2.02. The standard InChI is InChI=1S/C11H10ClFN4/c12-11-8(13)10-6(3-15-11)9(16-17-10)7-4-1-14-2-5(4)7/h3-5,7,14H,1-2H2,(H,16,17)/t4-,5+,7?. The molecule has 1 unspecified atom stereocenters. The molecule has 2 N–H and O–H groups in total. The predicted molar refractivity (Wildman–Crippen MR) is 61.4 cm³/mol. The normalized spacial score (nSPS) is 30.8. The zero-order valence-electron chi connectivity index (χ0n) is 8.87. The van der Waals surface area contributed by atoms with E-state index in [-0.39, 0.29) is 5.15 Å². The maximum Gasteiger partial charge on any atom is 0.188 e. The molecule has 6 heteroatoms. The zero-order valence-corrected chi connectivity index (χ0v) is 9.63. The van der Waals surface area contributed by atoms with Crippen molar-refractivity contribution in [2.24, 2.45) is 11.8 Å². The van der Waals surface area contributed by atoms with E-state index in [9.17, 15) is 4.39 Å². The molecule has 1 saturated heterocycles. The molecule has 3 atom stereocenters. The fraction of sp³-hybridized carbons (Fsp3) is 0.455. The first-order valence-electron chi connectivity index (χ1n) is 5.66. The molecule has 3 heterocycles. The van der Waals surface area contributed by atoms with Crippen LogP contribution in [0.5, 0.6) is 0 Å². The van der Waals surface area contributed by atoms with E-state index in [0.717, 1.165) is 24.2 Å². The molecular weight excluding hydrogens is 243 g/mol. The number of pyridine rings is 1. The summed E-state index contributed by atoms with van der Waals surface area (Å²) in [5.74, 6) is 1.27. The molecule has 2 aromatic rings. The monoisotopic (exact) mass is 252 g/mol. The molecule has 2 aromatic heterocycles. The van der Waals surface area contributed by atoms with Gasteiger partial charge in [-0.3, -0.25) is 5.10 Å². The van der Waals surface area contributed by atoms with Gasteiger partial charge in [0.25, 0.3) is 0 Å². The third-order valence-electron chi connectivity index (χ3n) is 3.95. The SMILES string of the molecule is Fc1c(Cl)ncc2c(C3[C@H]4CNC[C@@H]34)[nH]nc12. The first kappa shape index (κ1) is 9.79. The molecular formula is C11H10ClFN4. The maximum atomic E-state index is 13.7. The second-order valence-corrected chi connectivity index (χ2v) is 5.13. The number of rotatable bonds is 1. The summed E-state index contributed by atoms with van der Waals surface area (Å²) in [6.45, 7) is 2.08. The van der Waals surface area contributed by atoms with Crippen molar-refractivity contribution >= 4 is 22.5 Å². The lowest BCUT2D eigenvalue weighted by molar-refractivity contribution is 0.631. The summed E-state index contributed by atoms with van der Waals surface area (Å²) in [5, 5.41) is 11.0. The highest BCUT2D eigenvalue weighted by Gasteiger charge is 2.54. The predicted octanol–water partition coefficient (Wildman–Crippen LogP) is 1.68. The van der Waals surface area contributed by atoms with E-state index in [1.807, 2.05) is 0 Å². The summed E-state index contributed by atoms with van der Waals surface area (Å²) in [5.41, 5.74) is 1.32. The van der Waals surface area contributed by atoms with Crippen LogP contribution in [0.15, 0.2) is 6.20 Å². The zero-order chi connectivity index (χ0) is 11.6. The number of nitrogens with zero attached hydrogens (tertiary/aromatic N) is 2. The van der Waals surface area contributed by atoms with Crippen molar-refractivity contribution in [1.82, 2.24) is 20.5 Å². The number of aromatic amines is 1. The van der Waals surface area contributed by atoms with Crippen LogP contribution in [0.3, 0.4) is 0 Å². The smallest absolute Gasteiger partial charge is 0.188 e. The van der Waals surface area contributed by atoms with Crippen molar-refractivity contribution in [2.45, 2.75) is 5.92 Å². The minimum atomic E-state index is -0.532. The van der Waals surface area contributed by atoms with Gasteiger partial charge in [0.05, 0.1) is 0 Å². The number of aromatic nitrogens is 3. The number of hydrogen-bond donors (Lipinski definition) is 2. The van der Waals surface area contributed by atoms with E-state index in [1.165, 1.54) is 0 Å². The second kappa shape index (κ2) is 3.17. The molecule has 4 rings (SSSR count). The van der Waals surface area contributed by atoms with Crippen LogP contribution in [0.25, 0.3) is 10.9 Å². The molecule has 1 saturated carbocycles. The summed E-state index contributed by atoms with van der Waals surface area (Å²) in [6, 6.07) is 0. The van der Waals surface area contributed by atoms with Gasteiger partial charge in [-0.2, -0.15) is 5.10 Å². The van der Waals surface area contributed by atoms with E-state index < -0.39 is 5.82 Å². The van der Waals surface area contributed by atoms with Crippen molar-refractivity contribution in [3.8, 4) is 0 Å². The Morgan fingerprint density at radius 2 is 2.12 bits per heavy atom. The Morgan fingerprint density at radius 3 is 2.88 bits per heavy atom. The average molecular weight is 253 g/mol. The number of nitrogens with one attached hydrogen (secondary N) is 2. The van der Waals surface area contributed by atoms with Crippen LogP contribution >= 0.6 is 11.6 Å². The van der Waals surface area contributed by atoms with Crippen LogP contribution in [-0.2, 0) is 0 Å². The summed E-state index contributed by atoms with van der Waals surface area (Å²) >= 11 is 5.64. The number of halogens is 2. The summed E-state index contributed by atoms with van der Waals surface area (Å²) in [7, 11) is 0. The highest BCUT2D eigenvalue weighted by atomic mass is 35.5. The molecule has 1 aliphatic heterocycles. The molecule has 88 valence electrons. The third kappa shape index (κ3) is 1.21. The third-order valence-corrected chi connectivity index (χ3v) is 4.22. The van der Waals surface area contributed by atoms with E-state index in [2.05, 4.69) is 20.5 Å². The maximum absolute atomic E-state index is 13.7. The van der Waals surface area contributed by atoms with Crippen molar-refractivity contribution in [1.29, 1.82) is 0 Å². The molecule has 2 fully saturated rings. The number of hydrogen-bond acceptors (Lipinski definition) is 3. The Balaban J connectivity index is 1.85. The molecule has 4 nitrogen and oxygen atoms in total. The molecule has 1 aliphatic carbocycles. The molecule has 2 aliphatic rings. The fourth-order valence-electron chi connectivity index (χ4n) is 3.04. The summed E-state index contributed by atoms with van der Waals surface area (Å²) in [4.78, 5) is 3.86. The topological polar surface area (TPSA) is 53.6 Å². The van der Waals surface area contributed by atoms with Crippen LogP contribution in [0, 0.1) is 17.7 Å². The Labute approximate surface area is 102 Å². The van der Waals surface area contributed by atoms with Gasteiger partial charge < -0.3 is 5.32 Å².